The number of halogens is 3. The van der Waals surface area contributed by atoms with E-state index < -0.39 is 11.6 Å². The minimum atomic E-state index is -0.672. The average molecular weight is 334 g/mol. The third-order valence-electron chi connectivity index (χ3n) is 3.85. The van der Waals surface area contributed by atoms with Gasteiger partial charge in [0.1, 0.15) is 11.9 Å². The molecule has 1 fully saturated rings. The second-order valence-corrected chi connectivity index (χ2v) is 6.33. The molecule has 0 bridgehead atoms. The summed E-state index contributed by atoms with van der Waals surface area (Å²) in [4.78, 5) is 0. The molecule has 106 valence electrons. The van der Waals surface area contributed by atoms with Crippen LogP contribution in [0.5, 0.6) is 5.75 Å². The van der Waals surface area contributed by atoms with E-state index in [9.17, 15) is 8.78 Å². The summed E-state index contributed by atoms with van der Waals surface area (Å²) in [7, 11) is 0. The smallest absolute Gasteiger partial charge is 0.169 e. The Morgan fingerprint density at radius 3 is 2.63 bits per heavy atom. The van der Waals surface area contributed by atoms with E-state index >= 15 is 0 Å². The van der Waals surface area contributed by atoms with E-state index in [0.717, 1.165) is 19.0 Å². The molecule has 1 aliphatic rings. The van der Waals surface area contributed by atoms with Crippen LogP contribution in [0.2, 0.25) is 0 Å². The van der Waals surface area contributed by atoms with Crippen LogP contribution in [0.4, 0.5) is 8.78 Å². The predicted octanol–water partition coefficient (Wildman–Crippen LogP) is 3.88. The summed E-state index contributed by atoms with van der Waals surface area (Å²) >= 11 is 3.14. The molecule has 2 unspecified atom stereocenters. The zero-order valence-corrected chi connectivity index (χ0v) is 12.9. The van der Waals surface area contributed by atoms with E-state index in [1.807, 2.05) is 0 Å². The largest absolute Gasteiger partial charge is 0.485 e. The van der Waals surface area contributed by atoms with Crippen molar-refractivity contribution in [3.05, 3.63) is 28.2 Å². The first-order valence-corrected chi connectivity index (χ1v) is 7.20. The van der Waals surface area contributed by atoms with Crippen LogP contribution in [-0.2, 0) is 0 Å². The van der Waals surface area contributed by atoms with Crippen LogP contribution in [0.15, 0.2) is 16.6 Å². The van der Waals surface area contributed by atoms with Crippen LogP contribution in [0.3, 0.4) is 0 Å². The van der Waals surface area contributed by atoms with Crippen LogP contribution in [0, 0.1) is 17.0 Å². The summed E-state index contributed by atoms with van der Waals surface area (Å²) in [5, 5.41) is 3.38. The monoisotopic (exact) mass is 333 g/mol. The fourth-order valence-corrected chi connectivity index (χ4v) is 2.96. The number of hydrogen-bond acceptors (Lipinski definition) is 2. The highest BCUT2D eigenvalue weighted by Crippen LogP contribution is 2.44. The lowest BCUT2D eigenvalue weighted by Gasteiger charge is -2.51. The maximum absolute atomic E-state index is 13.7. The normalized spacial score (nSPS) is 24.9. The molecule has 0 radical (unpaired) electrons. The van der Waals surface area contributed by atoms with Crippen molar-refractivity contribution in [3.8, 4) is 5.75 Å². The Hall–Kier alpha value is -0.680. The molecule has 2 atom stereocenters. The van der Waals surface area contributed by atoms with Crippen molar-refractivity contribution in [2.75, 3.05) is 6.54 Å². The molecule has 1 N–H and O–H groups in total. The summed E-state index contributed by atoms with van der Waals surface area (Å²) in [5.41, 5.74) is -0.0731. The molecule has 1 aromatic rings. The number of rotatable bonds is 4. The molecule has 1 aromatic carbocycles. The molecule has 0 aromatic heterocycles. The summed E-state index contributed by atoms with van der Waals surface area (Å²) in [6.45, 7) is 7.13. The average Bonchev–Trinajstić information content (AvgIpc) is 2.30. The molecule has 0 spiro atoms. The first kappa shape index (κ1) is 14.7. The van der Waals surface area contributed by atoms with Gasteiger partial charge in [0.05, 0.1) is 4.47 Å². The van der Waals surface area contributed by atoms with Gasteiger partial charge in [0.25, 0.3) is 0 Å². The van der Waals surface area contributed by atoms with Gasteiger partial charge < -0.3 is 10.1 Å². The third kappa shape index (κ3) is 2.77. The zero-order valence-electron chi connectivity index (χ0n) is 11.3. The zero-order chi connectivity index (χ0) is 14.2. The Morgan fingerprint density at radius 2 is 2.11 bits per heavy atom. The van der Waals surface area contributed by atoms with Crippen LogP contribution in [-0.4, -0.2) is 18.7 Å². The van der Waals surface area contributed by atoms with Gasteiger partial charge in [0.15, 0.2) is 11.6 Å². The van der Waals surface area contributed by atoms with Crippen molar-refractivity contribution in [2.24, 2.45) is 5.41 Å². The Bertz CT molecular complexity index is 456. The number of hydrogen-bond donors (Lipinski definition) is 1. The number of nitrogens with one attached hydrogen (secondary N) is 1. The van der Waals surface area contributed by atoms with Gasteiger partial charge in [-0.1, -0.05) is 20.8 Å². The summed E-state index contributed by atoms with van der Waals surface area (Å²) in [6, 6.07) is 2.42. The molecule has 2 rings (SSSR count). The number of ether oxygens (including phenoxy) is 1. The molecule has 1 aliphatic carbocycles. The van der Waals surface area contributed by atoms with Gasteiger partial charge in [-0.2, -0.15) is 0 Å². The summed E-state index contributed by atoms with van der Waals surface area (Å²) < 4.78 is 32.8. The fourth-order valence-electron chi connectivity index (χ4n) is 2.46. The topological polar surface area (TPSA) is 21.3 Å². The van der Waals surface area contributed by atoms with Crippen LogP contribution in [0.1, 0.15) is 27.2 Å². The Morgan fingerprint density at radius 1 is 1.42 bits per heavy atom. The minimum absolute atomic E-state index is 0.0731. The van der Waals surface area contributed by atoms with Gasteiger partial charge in [0, 0.05) is 23.9 Å². The molecule has 2 nitrogen and oxygen atoms in total. The molecular weight excluding hydrogens is 316 g/mol. The highest BCUT2D eigenvalue weighted by Gasteiger charge is 2.49. The summed E-state index contributed by atoms with van der Waals surface area (Å²) in [5.74, 6) is -1.20. The van der Waals surface area contributed by atoms with Gasteiger partial charge in [-0.3, -0.25) is 0 Å². The fraction of sp³-hybridized carbons (Fsp3) is 0.571. The molecule has 0 aliphatic heterocycles. The van der Waals surface area contributed by atoms with E-state index in [0.29, 0.717) is 10.5 Å². The van der Waals surface area contributed by atoms with Gasteiger partial charge >= 0.3 is 0 Å². The highest BCUT2D eigenvalue weighted by atomic mass is 79.9. The Labute approximate surface area is 120 Å². The quantitative estimate of drug-likeness (QED) is 0.902. The second-order valence-electron chi connectivity index (χ2n) is 5.47. The maximum atomic E-state index is 13.7. The van der Waals surface area contributed by atoms with Crippen molar-refractivity contribution < 1.29 is 13.5 Å². The van der Waals surface area contributed by atoms with Crippen molar-refractivity contribution in [3.63, 3.8) is 0 Å². The first-order chi connectivity index (χ1) is 8.86. The van der Waals surface area contributed by atoms with Gasteiger partial charge in [0.2, 0.25) is 0 Å². The third-order valence-corrected chi connectivity index (χ3v) is 4.44. The van der Waals surface area contributed by atoms with E-state index in [1.165, 1.54) is 6.07 Å². The lowest BCUT2D eigenvalue weighted by molar-refractivity contribution is -0.0562. The van der Waals surface area contributed by atoms with Crippen molar-refractivity contribution >= 4 is 15.9 Å². The first-order valence-electron chi connectivity index (χ1n) is 6.40. The minimum Gasteiger partial charge on any atom is -0.485 e. The van der Waals surface area contributed by atoms with Crippen LogP contribution >= 0.6 is 15.9 Å². The Kier molecular flexibility index (Phi) is 4.16. The van der Waals surface area contributed by atoms with Crippen LogP contribution < -0.4 is 10.1 Å². The Balaban J connectivity index is 2.12. The predicted molar refractivity (Wildman–Crippen MR) is 74.3 cm³/mol. The standard InChI is InChI=1S/C14H18BrF2NO/c1-4-18-11-7-12(14(11,2)3)19-13-9(15)5-8(16)6-10(13)17/h5-6,11-12,18H,4,7H2,1-3H3. The van der Waals surface area contributed by atoms with Crippen molar-refractivity contribution in [1.29, 1.82) is 0 Å². The molecule has 0 amide bonds. The second kappa shape index (κ2) is 5.37. The molecule has 0 heterocycles. The molecule has 5 heteroatoms. The lowest BCUT2D eigenvalue weighted by atomic mass is 9.64. The molecular formula is C14H18BrF2NO. The summed E-state index contributed by atoms with van der Waals surface area (Å²) in [6.07, 6.45) is 0.747. The highest BCUT2D eigenvalue weighted by molar-refractivity contribution is 9.10. The van der Waals surface area contributed by atoms with E-state index in [4.69, 9.17) is 4.74 Å². The SMILES string of the molecule is CCNC1CC(Oc2c(F)cc(F)cc2Br)C1(C)C. The number of benzene rings is 1. The van der Waals surface area contributed by atoms with Crippen molar-refractivity contribution in [1.82, 2.24) is 5.32 Å². The maximum Gasteiger partial charge on any atom is 0.169 e. The van der Waals surface area contributed by atoms with E-state index in [1.54, 1.807) is 0 Å². The van der Waals surface area contributed by atoms with E-state index in [-0.39, 0.29) is 17.3 Å². The van der Waals surface area contributed by atoms with Crippen molar-refractivity contribution in [2.45, 2.75) is 39.3 Å². The lowest BCUT2D eigenvalue weighted by Crippen LogP contribution is -2.62. The molecule has 0 saturated heterocycles. The molecule has 1 saturated carbocycles. The van der Waals surface area contributed by atoms with Gasteiger partial charge in [-0.05, 0) is 28.5 Å². The molecule has 19 heavy (non-hydrogen) atoms. The van der Waals surface area contributed by atoms with E-state index in [2.05, 4.69) is 42.0 Å². The van der Waals surface area contributed by atoms with Gasteiger partial charge in [-0.15, -0.1) is 0 Å². The van der Waals surface area contributed by atoms with Gasteiger partial charge in [-0.25, -0.2) is 8.78 Å². The van der Waals surface area contributed by atoms with Crippen LogP contribution in [0.25, 0.3) is 0 Å².